The zero-order valence-electron chi connectivity index (χ0n) is 11.8. The Morgan fingerprint density at radius 1 is 1.24 bits per heavy atom. The highest BCUT2D eigenvalue weighted by Gasteiger charge is 2.48. The average molecular weight is 351 g/mol. The number of rotatable bonds is 3. The number of benzene rings is 1. The molecule has 3 rings (SSSR count). The van der Waals surface area contributed by atoms with Gasteiger partial charge in [0.2, 0.25) is 11.8 Å². The summed E-state index contributed by atoms with van der Waals surface area (Å²) in [6.07, 6.45) is 3.56. The smallest absolute Gasteiger partial charge is 0.233 e. The zero-order chi connectivity index (χ0) is 15.0. The van der Waals surface area contributed by atoms with Gasteiger partial charge in [0.25, 0.3) is 0 Å². The Labute approximate surface area is 132 Å². The predicted molar refractivity (Wildman–Crippen MR) is 83.6 cm³/mol. The van der Waals surface area contributed by atoms with E-state index in [2.05, 4.69) is 15.9 Å². The minimum absolute atomic E-state index is 0.167. The van der Waals surface area contributed by atoms with Crippen molar-refractivity contribution >= 4 is 27.7 Å². The van der Waals surface area contributed by atoms with Gasteiger partial charge >= 0.3 is 0 Å². The van der Waals surface area contributed by atoms with Gasteiger partial charge in [-0.25, -0.2) is 0 Å². The van der Waals surface area contributed by atoms with Crippen molar-refractivity contribution in [1.82, 2.24) is 4.90 Å². The van der Waals surface area contributed by atoms with Crippen molar-refractivity contribution in [2.24, 2.45) is 11.7 Å². The molecule has 0 spiro atoms. The number of hydrogen-bond acceptors (Lipinski definition) is 2. The third-order valence-corrected chi connectivity index (χ3v) is 5.42. The highest BCUT2D eigenvalue weighted by atomic mass is 79.9. The highest BCUT2D eigenvalue weighted by Crippen LogP contribution is 2.46. The van der Waals surface area contributed by atoms with E-state index in [1.807, 2.05) is 29.2 Å². The average Bonchev–Trinajstić information content (AvgIpc) is 2.89. The van der Waals surface area contributed by atoms with Gasteiger partial charge in [0.1, 0.15) is 0 Å². The summed E-state index contributed by atoms with van der Waals surface area (Å²) in [7, 11) is 0. The van der Waals surface area contributed by atoms with Crippen LogP contribution in [0, 0.1) is 5.92 Å². The molecule has 4 nitrogen and oxygen atoms in total. The number of amides is 2. The molecule has 112 valence electrons. The number of carbonyl (C=O) groups is 2. The fourth-order valence-electron chi connectivity index (χ4n) is 3.40. The number of hydrogen-bond donors (Lipinski definition) is 1. The van der Waals surface area contributed by atoms with E-state index in [0.717, 1.165) is 29.3 Å². The molecule has 1 aliphatic carbocycles. The van der Waals surface area contributed by atoms with Crippen LogP contribution in [-0.4, -0.2) is 29.8 Å². The summed E-state index contributed by atoms with van der Waals surface area (Å²) >= 11 is 3.43. The van der Waals surface area contributed by atoms with Crippen LogP contribution in [0.5, 0.6) is 0 Å². The maximum atomic E-state index is 13.0. The van der Waals surface area contributed by atoms with E-state index in [1.165, 1.54) is 0 Å². The first-order chi connectivity index (χ1) is 10.0. The molecule has 1 aliphatic heterocycles. The first-order valence-electron chi connectivity index (χ1n) is 7.38. The largest absolute Gasteiger partial charge is 0.369 e. The van der Waals surface area contributed by atoms with E-state index < -0.39 is 0 Å². The van der Waals surface area contributed by atoms with E-state index in [0.29, 0.717) is 19.5 Å². The molecule has 1 heterocycles. The second-order valence-corrected chi connectivity index (χ2v) is 7.00. The molecule has 5 heteroatoms. The first kappa shape index (κ1) is 14.6. The van der Waals surface area contributed by atoms with E-state index in [-0.39, 0.29) is 23.1 Å². The molecule has 2 amide bonds. The third kappa shape index (κ3) is 2.48. The summed E-state index contributed by atoms with van der Waals surface area (Å²) in [4.78, 5) is 26.1. The van der Waals surface area contributed by atoms with Gasteiger partial charge in [0.15, 0.2) is 0 Å². The molecule has 1 aromatic rings. The molecule has 1 atom stereocenters. The van der Waals surface area contributed by atoms with Gasteiger partial charge in [-0.15, -0.1) is 0 Å². The zero-order valence-corrected chi connectivity index (χ0v) is 13.4. The Bertz CT molecular complexity index is 566. The lowest BCUT2D eigenvalue weighted by Gasteiger charge is -2.43. The van der Waals surface area contributed by atoms with Crippen molar-refractivity contribution in [3.05, 3.63) is 34.3 Å². The summed E-state index contributed by atoms with van der Waals surface area (Å²) < 4.78 is 1.02. The fraction of sp³-hybridized carbons (Fsp3) is 0.500. The van der Waals surface area contributed by atoms with Gasteiger partial charge in [0.05, 0.1) is 11.3 Å². The molecule has 1 unspecified atom stereocenters. The van der Waals surface area contributed by atoms with Gasteiger partial charge < -0.3 is 10.6 Å². The second kappa shape index (κ2) is 5.44. The number of nitrogens with zero attached hydrogens (tertiary/aromatic N) is 1. The molecule has 2 fully saturated rings. The first-order valence-corrected chi connectivity index (χ1v) is 8.17. The number of primary amides is 1. The van der Waals surface area contributed by atoms with Crippen LogP contribution in [-0.2, 0) is 15.0 Å². The van der Waals surface area contributed by atoms with Gasteiger partial charge in [-0.2, -0.15) is 0 Å². The lowest BCUT2D eigenvalue weighted by atomic mass is 9.63. The molecule has 1 aromatic carbocycles. The topological polar surface area (TPSA) is 63.4 Å². The van der Waals surface area contributed by atoms with E-state index in [4.69, 9.17) is 5.73 Å². The Hall–Kier alpha value is -1.36. The maximum Gasteiger partial charge on any atom is 0.233 e. The Morgan fingerprint density at radius 2 is 1.90 bits per heavy atom. The van der Waals surface area contributed by atoms with Gasteiger partial charge in [0, 0.05) is 17.6 Å². The molecule has 1 saturated heterocycles. The summed E-state index contributed by atoms with van der Waals surface area (Å²) in [5.41, 5.74) is 6.07. The van der Waals surface area contributed by atoms with Crippen molar-refractivity contribution in [2.75, 3.05) is 13.1 Å². The quantitative estimate of drug-likeness (QED) is 0.908. The maximum absolute atomic E-state index is 13.0. The van der Waals surface area contributed by atoms with E-state index in [9.17, 15) is 9.59 Å². The normalized spacial score (nSPS) is 23.7. The molecular weight excluding hydrogens is 332 g/mol. The summed E-state index contributed by atoms with van der Waals surface area (Å²) in [6.45, 7) is 1.12. The molecule has 0 bridgehead atoms. The number of likely N-dealkylation sites (tertiary alicyclic amines) is 1. The van der Waals surface area contributed by atoms with Crippen LogP contribution in [0.4, 0.5) is 0 Å². The lowest BCUT2D eigenvalue weighted by molar-refractivity contribution is -0.140. The van der Waals surface area contributed by atoms with Crippen LogP contribution in [0.3, 0.4) is 0 Å². The van der Waals surface area contributed by atoms with Crippen molar-refractivity contribution in [1.29, 1.82) is 0 Å². The number of halogens is 1. The molecule has 0 radical (unpaired) electrons. The van der Waals surface area contributed by atoms with Crippen molar-refractivity contribution < 1.29 is 9.59 Å². The van der Waals surface area contributed by atoms with Gasteiger partial charge in [-0.3, -0.25) is 9.59 Å². The van der Waals surface area contributed by atoms with Crippen LogP contribution in [0.15, 0.2) is 28.7 Å². The summed E-state index contributed by atoms with van der Waals surface area (Å²) in [5.74, 6) is -0.313. The van der Waals surface area contributed by atoms with E-state index >= 15 is 0 Å². The SMILES string of the molecule is NC(=O)C1CCN(C(=O)C2(c3ccc(Br)cc3)CCC2)C1. The van der Waals surface area contributed by atoms with Crippen LogP contribution in [0.2, 0.25) is 0 Å². The molecular formula is C16H19BrN2O2. The molecule has 2 aliphatic rings. The van der Waals surface area contributed by atoms with E-state index in [1.54, 1.807) is 0 Å². The standard InChI is InChI=1S/C16H19BrN2O2/c17-13-4-2-12(3-5-13)16(7-1-8-16)15(21)19-9-6-11(10-19)14(18)20/h2-5,11H,1,6-10H2,(H2,18,20). The van der Waals surface area contributed by atoms with Crippen LogP contribution >= 0.6 is 15.9 Å². The second-order valence-electron chi connectivity index (χ2n) is 6.08. The van der Waals surface area contributed by atoms with Gasteiger partial charge in [-0.1, -0.05) is 34.5 Å². The summed E-state index contributed by atoms with van der Waals surface area (Å²) in [5, 5.41) is 0. The molecule has 21 heavy (non-hydrogen) atoms. The third-order valence-electron chi connectivity index (χ3n) is 4.89. The van der Waals surface area contributed by atoms with Crippen LogP contribution < -0.4 is 5.73 Å². The van der Waals surface area contributed by atoms with Crippen molar-refractivity contribution in [2.45, 2.75) is 31.1 Å². The molecule has 0 aromatic heterocycles. The van der Waals surface area contributed by atoms with Gasteiger partial charge in [-0.05, 0) is 37.0 Å². The minimum atomic E-state index is -0.382. The minimum Gasteiger partial charge on any atom is -0.369 e. The fourth-order valence-corrected chi connectivity index (χ4v) is 3.67. The van der Waals surface area contributed by atoms with Crippen LogP contribution in [0.25, 0.3) is 0 Å². The molecule has 1 saturated carbocycles. The van der Waals surface area contributed by atoms with Crippen molar-refractivity contribution in [3.63, 3.8) is 0 Å². The Kier molecular flexibility index (Phi) is 3.78. The lowest BCUT2D eigenvalue weighted by Crippen LogP contribution is -2.50. The predicted octanol–water partition coefficient (Wildman–Crippen LogP) is 2.20. The monoisotopic (exact) mass is 350 g/mol. The van der Waals surface area contributed by atoms with Crippen LogP contribution in [0.1, 0.15) is 31.2 Å². The summed E-state index contributed by atoms with van der Waals surface area (Å²) in [6, 6.07) is 8.03. The molecule has 2 N–H and O–H groups in total. The number of nitrogens with two attached hydrogens (primary N) is 1. The number of carbonyl (C=O) groups excluding carboxylic acids is 2. The Morgan fingerprint density at radius 3 is 2.38 bits per heavy atom. The highest BCUT2D eigenvalue weighted by molar-refractivity contribution is 9.10. The van der Waals surface area contributed by atoms with Crippen molar-refractivity contribution in [3.8, 4) is 0 Å². The Balaban J connectivity index is 1.81.